The van der Waals surface area contributed by atoms with Gasteiger partial charge in [-0.1, -0.05) is 11.6 Å². The van der Waals surface area contributed by atoms with Crippen molar-refractivity contribution in [2.75, 3.05) is 4.72 Å². The molecule has 0 unspecified atom stereocenters. The van der Waals surface area contributed by atoms with E-state index in [1.807, 2.05) is 0 Å². The molecular formula is C10H7ClN2O4S2. The topological polar surface area (TPSA) is 89.3 Å². The van der Waals surface area contributed by atoms with Gasteiger partial charge in [0.1, 0.15) is 4.21 Å². The quantitative estimate of drug-likeness (QED) is 0.692. The van der Waals surface area contributed by atoms with Crippen LogP contribution < -0.4 is 4.72 Å². The van der Waals surface area contributed by atoms with E-state index in [2.05, 4.69) is 4.72 Å². The number of nitrogens with zero attached hydrogens (tertiary/aromatic N) is 1. The van der Waals surface area contributed by atoms with E-state index in [4.69, 9.17) is 11.6 Å². The van der Waals surface area contributed by atoms with Gasteiger partial charge in [-0.25, -0.2) is 8.42 Å². The van der Waals surface area contributed by atoms with Crippen molar-refractivity contribution < 1.29 is 13.3 Å². The maximum Gasteiger partial charge on any atom is 0.325 e. The summed E-state index contributed by atoms with van der Waals surface area (Å²) in [6, 6.07) is 8.43. The lowest BCUT2D eigenvalue weighted by Crippen LogP contribution is -2.11. The van der Waals surface area contributed by atoms with Gasteiger partial charge in [-0.3, -0.25) is 14.8 Å². The minimum absolute atomic E-state index is 0.117. The van der Waals surface area contributed by atoms with Crippen molar-refractivity contribution >= 4 is 43.6 Å². The van der Waals surface area contributed by atoms with Crippen LogP contribution in [0.15, 0.2) is 40.6 Å². The highest BCUT2D eigenvalue weighted by molar-refractivity contribution is 7.94. The first-order chi connectivity index (χ1) is 8.88. The fourth-order valence-corrected chi connectivity index (χ4v) is 3.57. The van der Waals surface area contributed by atoms with Crippen LogP contribution in [0.25, 0.3) is 0 Å². The summed E-state index contributed by atoms with van der Waals surface area (Å²) in [7, 11) is -3.82. The molecule has 0 bridgehead atoms. The molecule has 2 aromatic rings. The number of nitrogens with one attached hydrogen (secondary N) is 1. The van der Waals surface area contributed by atoms with E-state index in [-0.39, 0.29) is 9.21 Å². The molecule has 0 radical (unpaired) electrons. The Morgan fingerprint density at radius 2 is 1.79 bits per heavy atom. The minimum atomic E-state index is -3.82. The highest BCUT2D eigenvalue weighted by atomic mass is 35.5. The Kier molecular flexibility index (Phi) is 3.74. The van der Waals surface area contributed by atoms with Crippen LogP contribution in [0.4, 0.5) is 10.7 Å². The molecule has 9 heteroatoms. The SMILES string of the molecule is O=[N+]([O-])c1ccc(S(=O)(=O)Nc2ccc(Cl)cc2)s1. The van der Waals surface area contributed by atoms with Crippen molar-refractivity contribution in [2.45, 2.75) is 4.21 Å². The number of thiophene rings is 1. The van der Waals surface area contributed by atoms with Crippen molar-refractivity contribution in [3.05, 3.63) is 51.5 Å². The Labute approximate surface area is 117 Å². The summed E-state index contributed by atoms with van der Waals surface area (Å²) in [5.74, 6) is 0. The molecule has 0 atom stereocenters. The lowest BCUT2D eigenvalue weighted by atomic mass is 10.3. The first-order valence-corrected chi connectivity index (χ1v) is 7.59. The molecule has 0 saturated heterocycles. The number of anilines is 1. The van der Waals surface area contributed by atoms with Gasteiger partial charge in [0.05, 0.1) is 4.92 Å². The molecule has 0 spiro atoms. The molecular weight excluding hydrogens is 312 g/mol. The van der Waals surface area contributed by atoms with Crippen molar-refractivity contribution in [1.29, 1.82) is 0 Å². The Balaban J connectivity index is 2.26. The Morgan fingerprint density at radius 1 is 1.16 bits per heavy atom. The van der Waals surface area contributed by atoms with E-state index in [1.54, 1.807) is 0 Å². The number of nitro groups is 1. The number of benzene rings is 1. The average molecular weight is 319 g/mol. The van der Waals surface area contributed by atoms with E-state index in [0.29, 0.717) is 22.0 Å². The highest BCUT2D eigenvalue weighted by Crippen LogP contribution is 2.29. The van der Waals surface area contributed by atoms with Crippen LogP contribution in [-0.2, 0) is 10.0 Å². The predicted octanol–water partition coefficient (Wildman–Crippen LogP) is 3.11. The normalized spacial score (nSPS) is 11.2. The maximum absolute atomic E-state index is 12.0. The monoisotopic (exact) mass is 318 g/mol. The van der Waals surface area contributed by atoms with E-state index in [1.165, 1.54) is 30.3 Å². The second-order valence-electron chi connectivity index (χ2n) is 3.46. The van der Waals surface area contributed by atoms with Crippen molar-refractivity contribution in [3.8, 4) is 0 Å². The van der Waals surface area contributed by atoms with Gasteiger partial charge in [0.25, 0.3) is 10.0 Å². The van der Waals surface area contributed by atoms with Gasteiger partial charge in [-0.05, 0) is 41.7 Å². The second kappa shape index (κ2) is 5.16. The van der Waals surface area contributed by atoms with Crippen LogP contribution in [-0.4, -0.2) is 13.3 Å². The van der Waals surface area contributed by atoms with Gasteiger partial charge in [0.15, 0.2) is 0 Å². The molecule has 0 aliphatic carbocycles. The fourth-order valence-electron chi connectivity index (χ4n) is 1.28. The molecule has 6 nitrogen and oxygen atoms in total. The minimum Gasteiger partial charge on any atom is -0.279 e. The molecule has 100 valence electrons. The number of sulfonamides is 1. The third-order valence-corrected chi connectivity index (χ3v) is 5.27. The summed E-state index contributed by atoms with van der Waals surface area (Å²) >= 11 is 6.28. The third-order valence-electron chi connectivity index (χ3n) is 2.11. The molecule has 19 heavy (non-hydrogen) atoms. The summed E-state index contributed by atoms with van der Waals surface area (Å²) in [6.45, 7) is 0. The van der Waals surface area contributed by atoms with Crippen LogP contribution in [0.1, 0.15) is 0 Å². The Bertz CT molecular complexity index is 709. The largest absolute Gasteiger partial charge is 0.325 e. The maximum atomic E-state index is 12.0. The van der Waals surface area contributed by atoms with Gasteiger partial charge < -0.3 is 0 Å². The number of halogens is 1. The summed E-state index contributed by atoms with van der Waals surface area (Å²) in [4.78, 5) is 9.89. The molecule has 0 aliphatic heterocycles. The summed E-state index contributed by atoms with van der Waals surface area (Å²) in [6.07, 6.45) is 0. The van der Waals surface area contributed by atoms with Crippen LogP contribution in [0.5, 0.6) is 0 Å². The summed E-state index contributed by atoms with van der Waals surface area (Å²) < 4.78 is 26.1. The Morgan fingerprint density at radius 3 is 2.32 bits per heavy atom. The standard InChI is InChI=1S/C10H7ClN2O4S2/c11-7-1-3-8(4-2-7)12-19(16,17)10-6-5-9(18-10)13(14)15/h1-6,12H. The second-order valence-corrected chi connectivity index (χ2v) is 6.87. The van der Waals surface area contributed by atoms with Crippen LogP contribution in [0, 0.1) is 10.1 Å². The van der Waals surface area contributed by atoms with Gasteiger partial charge in [0.2, 0.25) is 0 Å². The summed E-state index contributed by atoms with van der Waals surface area (Å²) in [5, 5.41) is 10.8. The smallest absolute Gasteiger partial charge is 0.279 e. The van der Waals surface area contributed by atoms with Gasteiger partial charge in [0, 0.05) is 16.8 Å². The zero-order valence-corrected chi connectivity index (χ0v) is 11.6. The number of hydrogen-bond donors (Lipinski definition) is 1. The predicted molar refractivity (Wildman–Crippen MR) is 73.2 cm³/mol. The first kappa shape index (κ1) is 13.8. The van der Waals surface area contributed by atoms with E-state index < -0.39 is 14.9 Å². The lowest BCUT2D eigenvalue weighted by Gasteiger charge is -2.05. The lowest BCUT2D eigenvalue weighted by molar-refractivity contribution is -0.380. The van der Waals surface area contributed by atoms with E-state index in [0.717, 1.165) is 6.07 Å². The van der Waals surface area contributed by atoms with Crippen molar-refractivity contribution in [3.63, 3.8) is 0 Å². The van der Waals surface area contributed by atoms with Crippen molar-refractivity contribution in [2.24, 2.45) is 0 Å². The molecule has 0 fully saturated rings. The van der Waals surface area contributed by atoms with Gasteiger partial charge >= 0.3 is 5.00 Å². The molecule has 0 aliphatic rings. The molecule has 1 heterocycles. The Hall–Kier alpha value is -1.64. The zero-order valence-electron chi connectivity index (χ0n) is 9.24. The fraction of sp³-hybridized carbons (Fsp3) is 0. The molecule has 1 N–H and O–H groups in total. The average Bonchev–Trinajstić information content (AvgIpc) is 2.82. The molecule has 1 aromatic carbocycles. The van der Waals surface area contributed by atoms with Gasteiger partial charge in [-0.2, -0.15) is 0 Å². The molecule has 0 amide bonds. The van der Waals surface area contributed by atoms with E-state index in [9.17, 15) is 18.5 Å². The first-order valence-electron chi connectivity index (χ1n) is 4.91. The summed E-state index contributed by atoms with van der Waals surface area (Å²) in [5.41, 5.74) is 0.334. The molecule has 1 aromatic heterocycles. The zero-order chi connectivity index (χ0) is 14.0. The van der Waals surface area contributed by atoms with Crippen LogP contribution >= 0.6 is 22.9 Å². The van der Waals surface area contributed by atoms with E-state index >= 15 is 0 Å². The third kappa shape index (κ3) is 3.22. The molecule has 2 rings (SSSR count). The highest BCUT2D eigenvalue weighted by Gasteiger charge is 2.20. The van der Waals surface area contributed by atoms with Crippen LogP contribution in [0.2, 0.25) is 5.02 Å². The molecule has 0 saturated carbocycles. The van der Waals surface area contributed by atoms with Crippen LogP contribution in [0.3, 0.4) is 0 Å². The van der Waals surface area contributed by atoms with Gasteiger partial charge in [-0.15, -0.1) is 0 Å². The number of hydrogen-bond acceptors (Lipinski definition) is 5. The number of rotatable bonds is 4. The van der Waals surface area contributed by atoms with Crippen molar-refractivity contribution in [1.82, 2.24) is 0 Å².